The van der Waals surface area contributed by atoms with E-state index in [0.29, 0.717) is 36.3 Å². The van der Waals surface area contributed by atoms with Gasteiger partial charge in [-0.25, -0.2) is 18.0 Å². The third kappa shape index (κ3) is 4.87. The molecule has 0 aliphatic carbocycles. The van der Waals surface area contributed by atoms with E-state index in [-0.39, 0.29) is 0 Å². The van der Waals surface area contributed by atoms with E-state index >= 15 is 0 Å². The zero-order valence-corrected chi connectivity index (χ0v) is 15.2. The van der Waals surface area contributed by atoms with Gasteiger partial charge in [-0.3, -0.25) is 4.79 Å². The monoisotopic (exact) mass is 407 g/mol. The van der Waals surface area contributed by atoms with Crippen LogP contribution in [0.3, 0.4) is 0 Å². The van der Waals surface area contributed by atoms with Crippen LogP contribution >= 0.6 is 0 Å². The third-order valence-corrected chi connectivity index (χ3v) is 3.93. The summed E-state index contributed by atoms with van der Waals surface area (Å²) in [6.07, 6.45) is 1.26. The van der Waals surface area contributed by atoms with Gasteiger partial charge in [0, 0.05) is 6.08 Å². The first-order valence-electron chi connectivity index (χ1n) is 8.58. The molecule has 0 aromatic heterocycles. The number of fused-ring (bicyclic) bond motifs is 1. The third-order valence-electron chi connectivity index (χ3n) is 3.93. The molecule has 1 atom stereocenters. The number of amides is 1. The van der Waals surface area contributed by atoms with Gasteiger partial charge < -0.3 is 19.5 Å². The predicted molar refractivity (Wildman–Crippen MR) is 97.0 cm³/mol. The summed E-state index contributed by atoms with van der Waals surface area (Å²) in [5, 5.41) is 2.04. The molecule has 1 heterocycles. The molecule has 2 aromatic carbocycles. The Hall–Kier alpha value is -3.49. The second-order valence-corrected chi connectivity index (χ2v) is 6.03. The summed E-state index contributed by atoms with van der Waals surface area (Å²) in [5.41, 5.74) is 0.0794. The van der Waals surface area contributed by atoms with Crippen LogP contribution in [0.4, 0.5) is 18.9 Å². The van der Waals surface area contributed by atoms with Gasteiger partial charge in [-0.1, -0.05) is 6.07 Å². The maximum Gasteiger partial charge on any atom is 0.331 e. The minimum absolute atomic E-state index is 0.424. The van der Waals surface area contributed by atoms with Gasteiger partial charge in [0.1, 0.15) is 13.2 Å². The number of anilines is 1. The highest BCUT2D eigenvalue weighted by Crippen LogP contribution is 2.31. The lowest BCUT2D eigenvalue weighted by molar-refractivity contribution is -0.148. The van der Waals surface area contributed by atoms with Crippen molar-refractivity contribution in [2.24, 2.45) is 0 Å². The number of hydrogen-bond acceptors (Lipinski definition) is 5. The maximum atomic E-state index is 13.6. The fraction of sp³-hybridized carbons (Fsp3) is 0.200. The number of carbonyl (C=O) groups excluding carboxylic acids is 2. The van der Waals surface area contributed by atoms with Crippen LogP contribution in [0, 0.1) is 17.5 Å². The van der Waals surface area contributed by atoms with Crippen molar-refractivity contribution in [2.75, 3.05) is 18.5 Å². The van der Waals surface area contributed by atoms with Crippen molar-refractivity contribution >= 4 is 23.6 Å². The van der Waals surface area contributed by atoms with E-state index in [1.807, 2.05) is 5.32 Å². The van der Waals surface area contributed by atoms with Crippen molar-refractivity contribution in [3.8, 4) is 11.5 Å². The van der Waals surface area contributed by atoms with Crippen molar-refractivity contribution in [3.05, 3.63) is 59.4 Å². The number of ether oxygens (including phenoxy) is 3. The van der Waals surface area contributed by atoms with Gasteiger partial charge in [0.25, 0.3) is 5.91 Å². The highest BCUT2D eigenvalue weighted by molar-refractivity contribution is 5.96. The molecule has 1 amide bonds. The van der Waals surface area contributed by atoms with E-state index in [0.717, 1.165) is 12.1 Å². The van der Waals surface area contributed by atoms with Gasteiger partial charge in [-0.2, -0.15) is 0 Å². The summed E-state index contributed by atoms with van der Waals surface area (Å²) in [7, 11) is 0. The SMILES string of the molecule is C[C@H](OC(=O)/C=C/c1ccc2c(c1)OCCO2)C(=O)Nc1ccc(F)c(F)c1F. The van der Waals surface area contributed by atoms with Crippen LogP contribution in [0.25, 0.3) is 6.08 Å². The lowest BCUT2D eigenvalue weighted by Gasteiger charge is -2.18. The van der Waals surface area contributed by atoms with E-state index in [1.54, 1.807) is 18.2 Å². The van der Waals surface area contributed by atoms with E-state index in [4.69, 9.17) is 14.2 Å². The number of carbonyl (C=O) groups is 2. The molecule has 0 saturated heterocycles. The largest absolute Gasteiger partial charge is 0.486 e. The van der Waals surface area contributed by atoms with Crippen LogP contribution in [0.15, 0.2) is 36.4 Å². The fourth-order valence-electron chi connectivity index (χ4n) is 2.45. The fourth-order valence-corrected chi connectivity index (χ4v) is 2.45. The number of esters is 1. The zero-order valence-electron chi connectivity index (χ0n) is 15.2. The second kappa shape index (κ2) is 8.68. The Bertz CT molecular complexity index is 977. The number of rotatable bonds is 5. The number of benzene rings is 2. The molecule has 2 aromatic rings. The molecule has 0 unspecified atom stereocenters. The molecule has 6 nitrogen and oxygen atoms in total. The number of hydrogen-bond donors (Lipinski definition) is 1. The number of nitrogens with one attached hydrogen (secondary N) is 1. The highest BCUT2D eigenvalue weighted by atomic mass is 19.2. The zero-order chi connectivity index (χ0) is 21.0. The Kier molecular flexibility index (Phi) is 6.06. The first-order valence-corrected chi connectivity index (χ1v) is 8.58. The van der Waals surface area contributed by atoms with Crippen molar-refractivity contribution in [1.29, 1.82) is 0 Å². The average Bonchev–Trinajstić information content (AvgIpc) is 2.72. The quantitative estimate of drug-likeness (QED) is 0.467. The Balaban J connectivity index is 1.58. The van der Waals surface area contributed by atoms with Crippen LogP contribution in [0.5, 0.6) is 11.5 Å². The molecule has 0 spiro atoms. The molecule has 3 rings (SSSR count). The summed E-state index contributed by atoms with van der Waals surface area (Å²) in [5.74, 6) is -5.22. The van der Waals surface area contributed by atoms with Crippen molar-refractivity contribution in [1.82, 2.24) is 0 Å². The second-order valence-electron chi connectivity index (χ2n) is 6.03. The van der Waals surface area contributed by atoms with E-state index in [9.17, 15) is 22.8 Å². The van der Waals surface area contributed by atoms with Crippen LogP contribution in [-0.4, -0.2) is 31.2 Å². The molecule has 1 aliphatic heterocycles. The summed E-state index contributed by atoms with van der Waals surface area (Å²) >= 11 is 0. The van der Waals surface area contributed by atoms with Gasteiger partial charge in [-0.15, -0.1) is 0 Å². The molecular formula is C20H16F3NO5. The number of halogens is 3. The molecule has 1 N–H and O–H groups in total. The topological polar surface area (TPSA) is 73.9 Å². The molecular weight excluding hydrogens is 391 g/mol. The Morgan fingerprint density at radius 3 is 2.55 bits per heavy atom. The van der Waals surface area contributed by atoms with Crippen LogP contribution < -0.4 is 14.8 Å². The van der Waals surface area contributed by atoms with Gasteiger partial charge >= 0.3 is 5.97 Å². The van der Waals surface area contributed by atoms with Crippen LogP contribution in [0.2, 0.25) is 0 Å². The summed E-state index contributed by atoms with van der Waals surface area (Å²) in [6.45, 7) is 2.14. The van der Waals surface area contributed by atoms with Gasteiger partial charge in [0.15, 0.2) is 35.1 Å². The Labute approximate surface area is 163 Å². The first kappa shape index (κ1) is 20.2. The lowest BCUT2D eigenvalue weighted by atomic mass is 10.2. The minimum atomic E-state index is -1.71. The first-order chi connectivity index (χ1) is 13.8. The van der Waals surface area contributed by atoms with Crippen molar-refractivity contribution in [2.45, 2.75) is 13.0 Å². The molecule has 0 fully saturated rings. The Morgan fingerprint density at radius 1 is 1.07 bits per heavy atom. The lowest BCUT2D eigenvalue weighted by Crippen LogP contribution is -2.29. The summed E-state index contributed by atoms with van der Waals surface area (Å²) in [6, 6.07) is 6.62. The van der Waals surface area contributed by atoms with Crippen molar-refractivity contribution in [3.63, 3.8) is 0 Å². The van der Waals surface area contributed by atoms with Crippen LogP contribution in [0.1, 0.15) is 12.5 Å². The predicted octanol–water partition coefficient (Wildman–Crippen LogP) is 3.46. The van der Waals surface area contributed by atoms with Crippen LogP contribution in [-0.2, 0) is 14.3 Å². The molecule has 0 radical (unpaired) electrons. The van der Waals surface area contributed by atoms with E-state index in [1.165, 1.54) is 13.0 Å². The molecule has 1 aliphatic rings. The molecule has 9 heteroatoms. The highest BCUT2D eigenvalue weighted by Gasteiger charge is 2.20. The maximum absolute atomic E-state index is 13.6. The smallest absolute Gasteiger partial charge is 0.331 e. The normalized spacial score (nSPS) is 13.8. The van der Waals surface area contributed by atoms with Gasteiger partial charge in [0.2, 0.25) is 0 Å². The Morgan fingerprint density at radius 2 is 1.79 bits per heavy atom. The van der Waals surface area contributed by atoms with E-state index in [2.05, 4.69) is 0 Å². The summed E-state index contributed by atoms with van der Waals surface area (Å²) < 4.78 is 55.5. The molecule has 0 bridgehead atoms. The van der Waals surface area contributed by atoms with Gasteiger partial charge in [0.05, 0.1) is 5.69 Å². The molecule has 0 saturated carbocycles. The van der Waals surface area contributed by atoms with Gasteiger partial charge in [-0.05, 0) is 42.8 Å². The average molecular weight is 407 g/mol. The molecule has 152 valence electrons. The minimum Gasteiger partial charge on any atom is -0.486 e. The molecule has 29 heavy (non-hydrogen) atoms. The van der Waals surface area contributed by atoms with E-state index < -0.39 is 41.1 Å². The van der Waals surface area contributed by atoms with Crippen molar-refractivity contribution < 1.29 is 37.0 Å². The standard InChI is InChI=1S/C20H16F3NO5/c1-11(20(26)24-14-5-4-13(21)18(22)19(14)23)29-17(25)7-3-12-2-6-15-16(10-12)28-9-8-27-15/h2-7,10-11H,8-9H2,1H3,(H,24,26)/b7-3+/t11-/m0/s1. The summed E-state index contributed by atoms with van der Waals surface area (Å²) in [4.78, 5) is 23.9.